The van der Waals surface area contributed by atoms with Gasteiger partial charge in [0.05, 0.1) is 5.69 Å². The molecule has 4 rings (SSSR count). The van der Waals surface area contributed by atoms with Gasteiger partial charge in [-0.3, -0.25) is 14.2 Å². The van der Waals surface area contributed by atoms with Crippen molar-refractivity contribution in [2.45, 2.75) is 6.42 Å². The van der Waals surface area contributed by atoms with Gasteiger partial charge in [0.2, 0.25) is 0 Å². The van der Waals surface area contributed by atoms with Crippen molar-refractivity contribution in [3.8, 4) is 5.69 Å². The highest BCUT2D eigenvalue weighted by atomic mass is 16.2. The zero-order valence-corrected chi connectivity index (χ0v) is 14.9. The Morgan fingerprint density at radius 2 is 1.82 bits per heavy atom. The first kappa shape index (κ1) is 17.5. The van der Waals surface area contributed by atoms with E-state index >= 15 is 0 Å². The predicted molar refractivity (Wildman–Crippen MR) is 105 cm³/mol. The summed E-state index contributed by atoms with van der Waals surface area (Å²) in [6, 6.07) is 15.0. The van der Waals surface area contributed by atoms with E-state index in [1.54, 1.807) is 35.4 Å². The summed E-state index contributed by atoms with van der Waals surface area (Å²) in [6.07, 6.45) is 5.66. The van der Waals surface area contributed by atoms with Crippen LogP contribution in [0.4, 0.5) is 5.69 Å². The molecule has 2 heterocycles. The van der Waals surface area contributed by atoms with Crippen molar-refractivity contribution in [2.75, 3.05) is 11.9 Å². The van der Waals surface area contributed by atoms with Crippen molar-refractivity contribution >= 4 is 28.4 Å². The van der Waals surface area contributed by atoms with Crippen LogP contribution in [0.5, 0.6) is 0 Å². The predicted octanol–water partition coefficient (Wildman–Crippen LogP) is 2.05. The summed E-state index contributed by atoms with van der Waals surface area (Å²) in [5.74, 6) is -1.38. The number of benzene rings is 2. The minimum absolute atomic E-state index is 0.370. The monoisotopic (exact) mass is 374 g/mol. The third-order valence-corrected chi connectivity index (χ3v) is 4.38. The molecule has 0 radical (unpaired) electrons. The van der Waals surface area contributed by atoms with Crippen molar-refractivity contribution in [1.29, 1.82) is 0 Å². The number of H-pyrrole nitrogens is 1. The van der Waals surface area contributed by atoms with Crippen LogP contribution in [0.3, 0.4) is 0 Å². The normalized spacial score (nSPS) is 10.7. The highest BCUT2D eigenvalue weighted by Gasteiger charge is 2.14. The molecule has 0 saturated carbocycles. The van der Waals surface area contributed by atoms with Crippen LogP contribution in [0, 0.1) is 0 Å². The highest BCUT2D eigenvalue weighted by molar-refractivity contribution is 6.39. The number of aromatic amines is 1. The number of para-hydroxylation sites is 1. The molecule has 8 nitrogen and oxygen atoms in total. The van der Waals surface area contributed by atoms with Crippen LogP contribution in [0.15, 0.2) is 67.4 Å². The summed E-state index contributed by atoms with van der Waals surface area (Å²) in [5, 5.41) is 13.9. The molecular formula is C20H18N6O2. The molecule has 28 heavy (non-hydrogen) atoms. The number of aromatic nitrogens is 4. The fourth-order valence-electron chi connectivity index (χ4n) is 3.00. The van der Waals surface area contributed by atoms with Gasteiger partial charge in [0, 0.05) is 29.3 Å². The fourth-order valence-corrected chi connectivity index (χ4v) is 3.00. The number of hydrogen-bond donors (Lipinski definition) is 3. The molecule has 0 spiro atoms. The van der Waals surface area contributed by atoms with E-state index in [0.717, 1.165) is 22.2 Å². The van der Waals surface area contributed by atoms with Crippen LogP contribution in [0.25, 0.3) is 16.6 Å². The van der Waals surface area contributed by atoms with Gasteiger partial charge >= 0.3 is 11.8 Å². The zero-order valence-electron chi connectivity index (χ0n) is 14.9. The van der Waals surface area contributed by atoms with Crippen LogP contribution in [0.1, 0.15) is 5.56 Å². The molecule has 3 N–H and O–H groups in total. The fraction of sp³-hybridized carbons (Fsp3) is 0.100. The summed E-state index contributed by atoms with van der Waals surface area (Å²) in [5.41, 5.74) is 3.44. The smallest absolute Gasteiger partial charge is 0.313 e. The number of nitrogens with one attached hydrogen (secondary N) is 3. The van der Waals surface area contributed by atoms with Crippen LogP contribution < -0.4 is 10.6 Å². The van der Waals surface area contributed by atoms with E-state index in [1.807, 2.05) is 36.5 Å². The van der Waals surface area contributed by atoms with E-state index in [0.29, 0.717) is 18.7 Å². The molecule has 4 aromatic rings. The SMILES string of the molecule is O=C(NCCc1c[nH]c2ccccc12)C(=O)Nc1cccc(-n2cnnc2)c1. The lowest BCUT2D eigenvalue weighted by molar-refractivity contribution is -0.136. The minimum Gasteiger partial charge on any atom is -0.361 e. The maximum atomic E-state index is 12.2. The van der Waals surface area contributed by atoms with Gasteiger partial charge in [0.15, 0.2) is 0 Å². The van der Waals surface area contributed by atoms with Gasteiger partial charge in [-0.15, -0.1) is 10.2 Å². The third kappa shape index (κ3) is 3.75. The topological polar surface area (TPSA) is 105 Å². The van der Waals surface area contributed by atoms with Crippen LogP contribution in [-0.2, 0) is 16.0 Å². The van der Waals surface area contributed by atoms with E-state index in [2.05, 4.69) is 25.8 Å². The second kappa shape index (κ2) is 7.75. The number of nitrogens with zero attached hydrogens (tertiary/aromatic N) is 3. The maximum Gasteiger partial charge on any atom is 0.313 e. The number of amides is 2. The van der Waals surface area contributed by atoms with Gasteiger partial charge in [-0.1, -0.05) is 24.3 Å². The molecule has 2 aromatic heterocycles. The van der Waals surface area contributed by atoms with Crippen LogP contribution in [0.2, 0.25) is 0 Å². The Morgan fingerprint density at radius 3 is 2.68 bits per heavy atom. The zero-order chi connectivity index (χ0) is 19.3. The summed E-state index contributed by atoms with van der Waals surface area (Å²) < 4.78 is 1.71. The molecule has 0 aliphatic heterocycles. The Hall–Kier alpha value is -3.94. The molecule has 0 aliphatic rings. The molecule has 0 saturated heterocycles. The second-order valence-electron chi connectivity index (χ2n) is 6.24. The first-order valence-electron chi connectivity index (χ1n) is 8.80. The van der Waals surface area contributed by atoms with Crippen LogP contribution >= 0.6 is 0 Å². The molecule has 8 heteroatoms. The Labute approximate surface area is 160 Å². The van der Waals surface area contributed by atoms with E-state index in [1.165, 1.54) is 0 Å². The summed E-state index contributed by atoms with van der Waals surface area (Å²) in [4.78, 5) is 27.4. The third-order valence-electron chi connectivity index (χ3n) is 4.38. The molecule has 0 unspecified atom stereocenters. The molecular weight excluding hydrogens is 356 g/mol. The molecule has 2 amide bonds. The maximum absolute atomic E-state index is 12.2. The highest BCUT2D eigenvalue weighted by Crippen LogP contribution is 2.17. The molecule has 2 aromatic carbocycles. The van der Waals surface area contributed by atoms with Gasteiger partial charge in [0.25, 0.3) is 0 Å². The van der Waals surface area contributed by atoms with E-state index in [4.69, 9.17) is 0 Å². The first-order valence-corrected chi connectivity index (χ1v) is 8.80. The van der Waals surface area contributed by atoms with Crippen molar-refractivity contribution in [3.05, 3.63) is 72.9 Å². The molecule has 0 aliphatic carbocycles. The Bertz CT molecular complexity index is 1120. The van der Waals surface area contributed by atoms with Gasteiger partial charge in [-0.05, 0) is 36.2 Å². The Morgan fingerprint density at radius 1 is 1.00 bits per heavy atom. The van der Waals surface area contributed by atoms with Gasteiger partial charge in [0.1, 0.15) is 12.7 Å². The molecule has 140 valence electrons. The quantitative estimate of drug-likeness (QED) is 0.465. The molecule has 0 bridgehead atoms. The first-order chi connectivity index (χ1) is 13.7. The van der Waals surface area contributed by atoms with Crippen molar-refractivity contribution in [3.63, 3.8) is 0 Å². The van der Waals surface area contributed by atoms with Crippen molar-refractivity contribution in [1.82, 2.24) is 25.1 Å². The average molecular weight is 374 g/mol. The lowest BCUT2D eigenvalue weighted by Crippen LogP contribution is -2.36. The average Bonchev–Trinajstić information content (AvgIpc) is 3.38. The number of anilines is 1. The van der Waals surface area contributed by atoms with Gasteiger partial charge in [-0.25, -0.2) is 0 Å². The standard InChI is InChI=1S/C20H18N6O2/c27-19(21-9-8-14-11-22-18-7-2-1-6-17(14)18)20(28)25-15-4-3-5-16(10-15)26-12-23-24-13-26/h1-7,10-13,22H,8-9H2,(H,21,27)(H,25,28). The number of carbonyl (C=O) groups is 2. The lowest BCUT2D eigenvalue weighted by atomic mass is 10.1. The number of carbonyl (C=O) groups excluding carboxylic acids is 2. The second-order valence-corrected chi connectivity index (χ2v) is 6.24. The minimum atomic E-state index is -0.708. The number of hydrogen-bond acceptors (Lipinski definition) is 4. The Balaban J connectivity index is 1.33. The summed E-state index contributed by atoms with van der Waals surface area (Å²) in [7, 11) is 0. The van der Waals surface area contributed by atoms with Crippen molar-refractivity contribution in [2.24, 2.45) is 0 Å². The van der Waals surface area contributed by atoms with Gasteiger partial charge < -0.3 is 15.6 Å². The molecule has 0 atom stereocenters. The largest absolute Gasteiger partial charge is 0.361 e. The van der Waals surface area contributed by atoms with Crippen LogP contribution in [-0.4, -0.2) is 38.1 Å². The molecule has 0 fully saturated rings. The number of fused-ring (bicyclic) bond motifs is 1. The summed E-state index contributed by atoms with van der Waals surface area (Å²) >= 11 is 0. The summed E-state index contributed by atoms with van der Waals surface area (Å²) in [6.45, 7) is 0.370. The lowest BCUT2D eigenvalue weighted by Gasteiger charge is -2.08. The number of rotatable bonds is 5. The Kier molecular flexibility index (Phi) is 4.83. The van der Waals surface area contributed by atoms with Gasteiger partial charge in [-0.2, -0.15) is 0 Å². The van der Waals surface area contributed by atoms with Crippen molar-refractivity contribution < 1.29 is 9.59 Å². The van der Waals surface area contributed by atoms with E-state index in [9.17, 15) is 9.59 Å². The van der Waals surface area contributed by atoms with E-state index < -0.39 is 11.8 Å². The van der Waals surface area contributed by atoms with E-state index in [-0.39, 0.29) is 0 Å².